The normalized spacial score (nSPS) is 12.1. The van der Waals surface area contributed by atoms with Crippen LogP contribution < -0.4 is 5.32 Å². The molecule has 0 saturated heterocycles. The van der Waals surface area contributed by atoms with E-state index in [-0.39, 0.29) is 11.8 Å². The summed E-state index contributed by atoms with van der Waals surface area (Å²) in [4.78, 5) is 12.1. The lowest BCUT2D eigenvalue weighted by atomic mass is 9.96. The molecule has 1 heterocycles. The molecule has 0 bridgehead atoms. The maximum atomic E-state index is 12.1. The van der Waals surface area contributed by atoms with Crippen LogP contribution in [-0.2, 0) is 4.79 Å². The Morgan fingerprint density at radius 1 is 1.41 bits per heavy atom. The molecule has 2 N–H and O–H groups in total. The first-order valence-electron chi connectivity index (χ1n) is 5.66. The summed E-state index contributed by atoms with van der Waals surface area (Å²) in [6.07, 6.45) is 4.03. The molecule has 0 spiro atoms. The number of aromatic amines is 1. The Bertz CT molecular complexity index is 465. The van der Waals surface area contributed by atoms with Crippen LogP contribution in [0.15, 0.2) is 42.7 Å². The van der Waals surface area contributed by atoms with Gasteiger partial charge < -0.3 is 5.32 Å². The highest BCUT2D eigenvalue weighted by atomic mass is 16.1. The molecule has 4 nitrogen and oxygen atoms in total. The number of amides is 1. The van der Waals surface area contributed by atoms with Gasteiger partial charge in [0.2, 0.25) is 5.91 Å². The van der Waals surface area contributed by atoms with Gasteiger partial charge in [-0.05, 0) is 12.0 Å². The quantitative estimate of drug-likeness (QED) is 0.846. The molecule has 1 amide bonds. The van der Waals surface area contributed by atoms with E-state index in [0.29, 0.717) is 5.69 Å². The van der Waals surface area contributed by atoms with Gasteiger partial charge in [-0.25, -0.2) is 0 Å². The minimum Gasteiger partial charge on any atom is -0.323 e. The van der Waals surface area contributed by atoms with Crippen LogP contribution in [0.3, 0.4) is 0 Å². The molecule has 4 heteroatoms. The van der Waals surface area contributed by atoms with Gasteiger partial charge in [-0.2, -0.15) is 5.10 Å². The Kier molecular flexibility index (Phi) is 3.55. The van der Waals surface area contributed by atoms with Crippen LogP contribution >= 0.6 is 0 Å². The second kappa shape index (κ2) is 5.30. The molecule has 1 atom stereocenters. The first-order chi connectivity index (χ1) is 8.31. The number of carbonyl (C=O) groups excluding carboxylic acids is 1. The van der Waals surface area contributed by atoms with Gasteiger partial charge in [0.25, 0.3) is 0 Å². The fraction of sp³-hybridized carbons (Fsp3) is 0.231. The molecule has 0 aliphatic carbocycles. The highest BCUT2D eigenvalue weighted by Gasteiger charge is 2.18. The van der Waals surface area contributed by atoms with E-state index in [9.17, 15) is 4.79 Å². The summed E-state index contributed by atoms with van der Waals surface area (Å²) in [6, 6.07) is 9.79. The van der Waals surface area contributed by atoms with Gasteiger partial charge in [-0.3, -0.25) is 9.89 Å². The summed E-state index contributed by atoms with van der Waals surface area (Å²) in [5, 5.41) is 9.30. The van der Waals surface area contributed by atoms with E-state index in [1.54, 1.807) is 12.4 Å². The number of hydrogen-bond acceptors (Lipinski definition) is 2. The van der Waals surface area contributed by atoms with Crippen LogP contribution in [0.25, 0.3) is 0 Å². The SMILES string of the molecule is CC[C@H](C(=O)Nc1cn[nH]c1)c1ccccc1. The molecule has 0 aliphatic heterocycles. The zero-order valence-corrected chi connectivity index (χ0v) is 9.68. The van der Waals surface area contributed by atoms with Gasteiger partial charge in [-0.15, -0.1) is 0 Å². The molecular weight excluding hydrogens is 214 g/mol. The number of carbonyl (C=O) groups is 1. The Morgan fingerprint density at radius 2 is 2.18 bits per heavy atom. The molecule has 17 heavy (non-hydrogen) atoms. The van der Waals surface area contributed by atoms with Crippen LogP contribution in [0.2, 0.25) is 0 Å². The number of H-pyrrole nitrogens is 1. The Balaban J connectivity index is 2.11. The fourth-order valence-corrected chi connectivity index (χ4v) is 1.81. The zero-order chi connectivity index (χ0) is 12.1. The van der Waals surface area contributed by atoms with Crippen molar-refractivity contribution in [3.63, 3.8) is 0 Å². The number of aromatic nitrogens is 2. The number of benzene rings is 1. The van der Waals surface area contributed by atoms with Crippen LogP contribution in [0.5, 0.6) is 0 Å². The first kappa shape index (κ1) is 11.4. The van der Waals surface area contributed by atoms with Gasteiger partial charge in [0.1, 0.15) is 0 Å². The third kappa shape index (κ3) is 2.72. The Hall–Kier alpha value is -2.10. The van der Waals surface area contributed by atoms with Crippen molar-refractivity contribution >= 4 is 11.6 Å². The average Bonchev–Trinajstić information content (AvgIpc) is 2.84. The number of anilines is 1. The third-order valence-corrected chi connectivity index (χ3v) is 2.69. The molecule has 88 valence electrons. The molecule has 2 aromatic rings. The van der Waals surface area contributed by atoms with Gasteiger partial charge in [-0.1, -0.05) is 37.3 Å². The minimum atomic E-state index is -0.119. The lowest BCUT2D eigenvalue weighted by molar-refractivity contribution is -0.117. The smallest absolute Gasteiger partial charge is 0.231 e. The highest BCUT2D eigenvalue weighted by molar-refractivity contribution is 5.95. The summed E-state index contributed by atoms with van der Waals surface area (Å²) < 4.78 is 0. The average molecular weight is 229 g/mol. The topological polar surface area (TPSA) is 57.8 Å². The molecule has 1 aromatic heterocycles. The van der Waals surface area contributed by atoms with Crippen molar-refractivity contribution in [3.05, 3.63) is 48.3 Å². The van der Waals surface area contributed by atoms with Crippen molar-refractivity contribution in [1.29, 1.82) is 0 Å². The standard InChI is InChI=1S/C13H15N3O/c1-2-12(10-6-4-3-5-7-10)13(17)16-11-8-14-15-9-11/h3-9,12H,2H2,1H3,(H,14,15)(H,16,17)/t12-/m0/s1. The largest absolute Gasteiger partial charge is 0.323 e. The second-order valence-corrected chi connectivity index (χ2v) is 3.85. The molecule has 0 radical (unpaired) electrons. The number of nitrogens with one attached hydrogen (secondary N) is 2. The van der Waals surface area contributed by atoms with Crippen molar-refractivity contribution in [3.8, 4) is 0 Å². The van der Waals surface area contributed by atoms with E-state index < -0.39 is 0 Å². The molecule has 2 rings (SSSR count). The number of rotatable bonds is 4. The lowest BCUT2D eigenvalue weighted by Crippen LogP contribution is -2.20. The molecule has 0 saturated carbocycles. The van der Waals surface area contributed by atoms with E-state index in [2.05, 4.69) is 15.5 Å². The predicted molar refractivity (Wildman–Crippen MR) is 66.7 cm³/mol. The van der Waals surface area contributed by atoms with Crippen molar-refractivity contribution in [2.24, 2.45) is 0 Å². The van der Waals surface area contributed by atoms with E-state index in [1.807, 2.05) is 37.3 Å². The monoisotopic (exact) mass is 229 g/mol. The maximum Gasteiger partial charge on any atom is 0.231 e. The molecule has 0 unspecified atom stereocenters. The maximum absolute atomic E-state index is 12.1. The number of nitrogens with zero attached hydrogens (tertiary/aromatic N) is 1. The fourth-order valence-electron chi connectivity index (χ4n) is 1.81. The van der Waals surface area contributed by atoms with Crippen molar-refractivity contribution in [2.75, 3.05) is 5.32 Å². The summed E-state index contributed by atoms with van der Waals surface area (Å²) >= 11 is 0. The lowest BCUT2D eigenvalue weighted by Gasteiger charge is -2.14. The van der Waals surface area contributed by atoms with Gasteiger partial charge >= 0.3 is 0 Å². The van der Waals surface area contributed by atoms with Gasteiger partial charge in [0.05, 0.1) is 17.8 Å². The van der Waals surface area contributed by atoms with Crippen LogP contribution in [0.4, 0.5) is 5.69 Å². The van der Waals surface area contributed by atoms with Gasteiger partial charge in [0, 0.05) is 6.20 Å². The molecule has 1 aromatic carbocycles. The van der Waals surface area contributed by atoms with Crippen LogP contribution in [0, 0.1) is 0 Å². The van der Waals surface area contributed by atoms with Crippen LogP contribution in [-0.4, -0.2) is 16.1 Å². The van der Waals surface area contributed by atoms with Crippen molar-refractivity contribution in [1.82, 2.24) is 10.2 Å². The Morgan fingerprint density at radius 3 is 2.76 bits per heavy atom. The van der Waals surface area contributed by atoms with E-state index in [1.165, 1.54) is 0 Å². The molecular formula is C13H15N3O. The summed E-state index contributed by atoms with van der Waals surface area (Å²) in [7, 11) is 0. The molecule has 0 fully saturated rings. The highest BCUT2D eigenvalue weighted by Crippen LogP contribution is 2.20. The van der Waals surface area contributed by atoms with Crippen molar-refractivity contribution in [2.45, 2.75) is 19.3 Å². The van der Waals surface area contributed by atoms with Gasteiger partial charge in [0.15, 0.2) is 0 Å². The van der Waals surface area contributed by atoms with Crippen LogP contribution in [0.1, 0.15) is 24.8 Å². The minimum absolute atomic E-state index is 0.0000926. The molecule has 0 aliphatic rings. The van der Waals surface area contributed by atoms with E-state index in [0.717, 1.165) is 12.0 Å². The summed E-state index contributed by atoms with van der Waals surface area (Å²) in [5.74, 6) is -0.119. The third-order valence-electron chi connectivity index (χ3n) is 2.69. The first-order valence-corrected chi connectivity index (χ1v) is 5.66. The Labute approximate surface area is 100 Å². The second-order valence-electron chi connectivity index (χ2n) is 3.85. The van der Waals surface area contributed by atoms with Crippen molar-refractivity contribution < 1.29 is 4.79 Å². The summed E-state index contributed by atoms with van der Waals surface area (Å²) in [5.41, 5.74) is 1.74. The van der Waals surface area contributed by atoms with E-state index >= 15 is 0 Å². The number of hydrogen-bond donors (Lipinski definition) is 2. The predicted octanol–water partition coefficient (Wildman–Crippen LogP) is 2.54. The van der Waals surface area contributed by atoms with E-state index in [4.69, 9.17) is 0 Å². The summed E-state index contributed by atoms with van der Waals surface area (Å²) in [6.45, 7) is 2.01. The zero-order valence-electron chi connectivity index (χ0n) is 9.68.